The predicted octanol–water partition coefficient (Wildman–Crippen LogP) is 4.13. The van der Waals surface area contributed by atoms with Crippen molar-refractivity contribution in [3.05, 3.63) is 102 Å². The highest BCUT2D eigenvalue weighted by atomic mass is 16.5. The third kappa shape index (κ3) is 4.46. The lowest BCUT2D eigenvalue weighted by Gasteiger charge is -2.35. The summed E-state index contributed by atoms with van der Waals surface area (Å²) in [7, 11) is 1.59. The van der Waals surface area contributed by atoms with Crippen molar-refractivity contribution in [1.29, 1.82) is 0 Å². The fraction of sp³-hybridized carbons (Fsp3) is 0.167. The summed E-state index contributed by atoms with van der Waals surface area (Å²) in [6.07, 6.45) is 0. The molecule has 0 heterocycles. The lowest BCUT2D eigenvalue weighted by molar-refractivity contribution is -0.123. The molecule has 3 rings (SSSR count). The van der Waals surface area contributed by atoms with Crippen LogP contribution in [-0.4, -0.2) is 23.8 Å². The lowest BCUT2D eigenvalue weighted by Crippen LogP contribution is -2.43. The number of rotatable bonds is 7. The van der Waals surface area contributed by atoms with E-state index in [0.29, 0.717) is 16.9 Å². The molecule has 0 aliphatic rings. The maximum Gasteiger partial charge on any atom is 0.255 e. The molecule has 0 saturated heterocycles. The van der Waals surface area contributed by atoms with E-state index in [0.717, 1.165) is 5.56 Å². The number of hydrogen-bond donors (Lipinski definition) is 1. The summed E-state index contributed by atoms with van der Waals surface area (Å²) in [4.78, 5) is 27.6. The second kappa shape index (κ2) is 9.06. The zero-order chi connectivity index (χ0) is 20.8. The van der Waals surface area contributed by atoms with Gasteiger partial charge in [0.2, 0.25) is 5.91 Å². The van der Waals surface area contributed by atoms with Gasteiger partial charge in [-0.2, -0.15) is 0 Å². The minimum Gasteiger partial charge on any atom is -0.497 e. The van der Waals surface area contributed by atoms with Gasteiger partial charge in [-0.25, -0.2) is 0 Å². The van der Waals surface area contributed by atoms with Crippen LogP contribution in [0.25, 0.3) is 0 Å². The molecule has 2 N–H and O–H groups in total. The van der Waals surface area contributed by atoms with E-state index < -0.39 is 18.0 Å². The predicted molar refractivity (Wildman–Crippen MR) is 112 cm³/mol. The van der Waals surface area contributed by atoms with E-state index >= 15 is 0 Å². The molecule has 0 radical (unpaired) electrons. The first-order valence-electron chi connectivity index (χ1n) is 9.39. The molecule has 0 bridgehead atoms. The molecule has 2 atom stereocenters. The third-order valence-electron chi connectivity index (χ3n) is 4.91. The van der Waals surface area contributed by atoms with Crippen LogP contribution >= 0.6 is 0 Å². The zero-order valence-corrected chi connectivity index (χ0v) is 16.5. The first-order chi connectivity index (χ1) is 14.0. The quantitative estimate of drug-likeness (QED) is 0.662. The highest BCUT2D eigenvalue weighted by molar-refractivity contribution is 5.98. The molecule has 3 aromatic rings. The summed E-state index contributed by atoms with van der Waals surface area (Å²) in [5, 5.41) is 0. The van der Waals surface area contributed by atoms with Gasteiger partial charge in [0.1, 0.15) is 11.8 Å². The minimum absolute atomic E-state index is 0.270. The molecule has 2 amide bonds. The van der Waals surface area contributed by atoms with Crippen LogP contribution in [0.4, 0.5) is 0 Å². The molecule has 3 aromatic carbocycles. The van der Waals surface area contributed by atoms with E-state index in [1.165, 1.54) is 0 Å². The number of hydrogen-bond acceptors (Lipinski definition) is 3. The highest BCUT2D eigenvalue weighted by Crippen LogP contribution is 2.33. The van der Waals surface area contributed by atoms with Gasteiger partial charge in [0, 0.05) is 5.56 Å². The van der Waals surface area contributed by atoms with Crippen molar-refractivity contribution in [1.82, 2.24) is 4.90 Å². The summed E-state index contributed by atoms with van der Waals surface area (Å²) in [5.74, 6) is -0.180. The number of nitrogens with two attached hydrogens (primary N) is 1. The molecular formula is C24H24N2O3. The smallest absolute Gasteiger partial charge is 0.255 e. The number of nitrogens with zero attached hydrogens (tertiary/aromatic N) is 1. The van der Waals surface area contributed by atoms with Crippen LogP contribution in [0.15, 0.2) is 84.9 Å². The van der Waals surface area contributed by atoms with Crippen molar-refractivity contribution < 1.29 is 14.3 Å². The molecule has 148 valence electrons. The standard InChI is InChI=1S/C24H24N2O3/c1-17(20-14-9-15-21(16-20)29-2)26(24(28)19-12-7-4-8-13-19)22(23(25)27)18-10-5-3-6-11-18/h3-17,22H,1-2H3,(H2,25,27)/t17-,22-/m0/s1. The van der Waals surface area contributed by atoms with E-state index in [4.69, 9.17) is 10.5 Å². The van der Waals surface area contributed by atoms with E-state index in [1.807, 2.05) is 55.5 Å². The van der Waals surface area contributed by atoms with Gasteiger partial charge >= 0.3 is 0 Å². The molecule has 0 aliphatic heterocycles. The normalized spacial score (nSPS) is 12.6. The van der Waals surface area contributed by atoms with Crippen LogP contribution in [0.1, 0.15) is 40.5 Å². The van der Waals surface area contributed by atoms with Crippen molar-refractivity contribution in [3.8, 4) is 5.75 Å². The number of amides is 2. The third-order valence-corrected chi connectivity index (χ3v) is 4.91. The van der Waals surface area contributed by atoms with E-state index in [9.17, 15) is 9.59 Å². The zero-order valence-electron chi connectivity index (χ0n) is 16.5. The summed E-state index contributed by atoms with van der Waals surface area (Å²) in [6.45, 7) is 1.88. The van der Waals surface area contributed by atoms with Gasteiger partial charge in [0.05, 0.1) is 13.2 Å². The molecule has 0 aliphatic carbocycles. The van der Waals surface area contributed by atoms with E-state index in [1.54, 1.807) is 48.4 Å². The second-order valence-electron chi connectivity index (χ2n) is 6.75. The van der Waals surface area contributed by atoms with Gasteiger partial charge in [0.15, 0.2) is 0 Å². The lowest BCUT2D eigenvalue weighted by atomic mass is 9.98. The average Bonchev–Trinajstić information content (AvgIpc) is 2.77. The molecule has 5 nitrogen and oxygen atoms in total. The number of primary amides is 1. The largest absolute Gasteiger partial charge is 0.497 e. The minimum atomic E-state index is -0.912. The number of carbonyl (C=O) groups excluding carboxylic acids is 2. The topological polar surface area (TPSA) is 72.6 Å². The maximum atomic E-state index is 13.5. The maximum absolute atomic E-state index is 13.5. The van der Waals surface area contributed by atoms with Gasteiger partial charge in [-0.3, -0.25) is 9.59 Å². The Labute approximate surface area is 170 Å². The Bertz CT molecular complexity index is 974. The number of benzene rings is 3. The number of methoxy groups -OCH3 is 1. The monoisotopic (exact) mass is 388 g/mol. The van der Waals surface area contributed by atoms with Crippen LogP contribution in [0, 0.1) is 0 Å². The van der Waals surface area contributed by atoms with Crippen LogP contribution in [0.3, 0.4) is 0 Å². The Kier molecular flexibility index (Phi) is 6.29. The fourth-order valence-electron chi connectivity index (χ4n) is 3.41. The first-order valence-corrected chi connectivity index (χ1v) is 9.39. The summed E-state index contributed by atoms with van der Waals surface area (Å²) < 4.78 is 5.33. The Morgan fingerprint density at radius 3 is 2.03 bits per heavy atom. The molecule has 0 fully saturated rings. The van der Waals surface area contributed by atoms with Crippen molar-refractivity contribution in [3.63, 3.8) is 0 Å². The SMILES string of the molecule is COc1cccc([C@H](C)N(C(=O)c2ccccc2)[C@H](C(N)=O)c2ccccc2)c1. The van der Waals surface area contributed by atoms with Crippen molar-refractivity contribution in [2.45, 2.75) is 19.0 Å². The molecular weight excluding hydrogens is 364 g/mol. The van der Waals surface area contributed by atoms with Gasteiger partial charge in [0.25, 0.3) is 5.91 Å². The van der Waals surface area contributed by atoms with Crippen LogP contribution in [0.2, 0.25) is 0 Å². The molecule has 0 aromatic heterocycles. The van der Waals surface area contributed by atoms with Gasteiger partial charge in [-0.15, -0.1) is 0 Å². The first kappa shape index (κ1) is 20.1. The molecule has 0 unspecified atom stereocenters. The Morgan fingerprint density at radius 2 is 1.45 bits per heavy atom. The number of carbonyl (C=O) groups is 2. The van der Waals surface area contributed by atoms with Crippen LogP contribution in [-0.2, 0) is 4.79 Å². The Hall–Kier alpha value is -3.60. The van der Waals surface area contributed by atoms with Crippen LogP contribution < -0.4 is 10.5 Å². The summed E-state index contributed by atoms with van der Waals surface area (Å²) >= 11 is 0. The van der Waals surface area contributed by atoms with Crippen molar-refractivity contribution in [2.24, 2.45) is 5.73 Å². The van der Waals surface area contributed by atoms with Crippen molar-refractivity contribution in [2.75, 3.05) is 7.11 Å². The molecule has 0 spiro atoms. The van der Waals surface area contributed by atoms with Gasteiger partial charge < -0.3 is 15.4 Å². The van der Waals surface area contributed by atoms with E-state index in [2.05, 4.69) is 0 Å². The van der Waals surface area contributed by atoms with Gasteiger partial charge in [-0.1, -0.05) is 60.7 Å². The second-order valence-corrected chi connectivity index (χ2v) is 6.75. The average molecular weight is 388 g/mol. The highest BCUT2D eigenvalue weighted by Gasteiger charge is 2.34. The Balaban J connectivity index is 2.12. The fourth-order valence-corrected chi connectivity index (χ4v) is 3.41. The van der Waals surface area contributed by atoms with Crippen molar-refractivity contribution >= 4 is 11.8 Å². The van der Waals surface area contributed by atoms with E-state index in [-0.39, 0.29) is 5.91 Å². The molecule has 5 heteroatoms. The molecule has 0 saturated carbocycles. The molecule has 29 heavy (non-hydrogen) atoms. The summed E-state index contributed by atoms with van der Waals surface area (Å²) in [5.41, 5.74) is 7.80. The Morgan fingerprint density at radius 1 is 0.862 bits per heavy atom. The van der Waals surface area contributed by atoms with Gasteiger partial charge in [-0.05, 0) is 42.3 Å². The van der Waals surface area contributed by atoms with Crippen LogP contribution in [0.5, 0.6) is 5.75 Å². The summed E-state index contributed by atoms with van der Waals surface area (Å²) in [6, 6.07) is 24.1. The number of ether oxygens (including phenoxy) is 1.